The number of rotatable bonds is 4. The first-order chi connectivity index (χ1) is 10.6. The van der Waals surface area contributed by atoms with Crippen LogP contribution in [0.1, 0.15) is 44.1 Å². The van der Waals surface area contributed by atoms with E-state index < -0.39 is 52.6 Å². The van der Waals surface area contributed by atoms with Crippen molar-refractivity contribution in [2.75, 3.05) is 14.2 Å². The molecule has 5 nitrogen and oxygen atoms in total. The summed E-state index contributed by atoms with van der Waals surface area (Å²) in [4.78, 5) is 26.2. The van der Waals surface area contributed by atoms with Crippen LogP contribution < -0.4 is 0 Å². The SMILES string of the molecule is COC(=O)c1c(C(F)F)nc(C(F)(F)F)c(C(=O)OC)c1CI. The lowest BCUT2D eigenvalue weighted by atomic mass is 9.98. The van der Waals surface area contributed by atoms with Gasteiger partial charge in [0.2, 0.25) is 0 Å². The molecule has 0 N–H and O–H groups in total. The Morgan fingerprint density at radius 3 is 1.96 bits per heavy atom. The molecule has 0 saturated heterocycles. The van der Waals surface area contributed by atoms with Crippen molar-refractivity contribution in [3.63, 3.8) is 0 Å². The minimum Gasteiger partial charge on any atom is -0.465 e. The summed E-state index contributed by atoms with van der Waals surface area (Å²) in [6.45, 7) is 0. The quantitative estimate of drug-likeness (QED) is 0.302. The number of pyridine rings is 1. The molecule has 11 heteroatoms. The third-order valence-corrected chi connectivity index (χ3v) is 3.48. The fraction of sp³-hybridized carbons (Fsp3) is 0.417. The molecule has 1 aromatic heterocycles. The Balaban J connectivity index is 3.99. The van der Waals surface area contributed by atoms with Crippen LogP contribution in [0, 0.1) is 0 Å². The fourth-order valence-electron chi connectivity index (χ4n) is 1.80. The second kappa shape index (κ2) is 7.36. The lowest BCUT2D eigenvalue weighted by molar-refractivity contribution is -0.142. The molecule has 0 fully saturated rings. The van der Waals surface area contributed by atoms with Crippen LogP contribution in [0.5, 0.6) is 0 Å². The third kappa shape index (κ3) is 3.87. The first kappa shape index (κ1) is 19.5. The number of carbonyl (C=O) groups excluding carboxylic acids is 2. The van der Waals surface area contributed by atoms with Crippen LogP contribution in [0.3, 0.4) is 0 Å². The highest BCUT2D eigenvalue weighted by Gasteiger charge is 2.42. The Bertz CT molecular complexity index is 633. The van der Waals surface area contributed by atoms with E-state index >= 15 is 0 Å². The van der Waals surface area contributed by atoms with Crippen molar-refractivity contribution >= 4 is 34.5 Å². The van der Waals surface area contributed by atoms with E-state index in [9.17, 15) is 31.5 Å². The van der Waals surface area contributed by atoms with Crippen molar-refractivity contribution in [1.29, 1.82) is 0 Å². The van der Waals surface area contributed by atoms with Crippen molar-refractivity contribution in [2.24, 2.45) is 0 Å². The number of nitrogens with zero attached hydrogens (tertiary/aromatic N) is 1. The molecule has 0 spiro atoms. The molecule has 128 valence electrons. The maximum Gasteiger partial charge on any atom is 0.434 e. The van der Waals surface area contributed by atoms with Crippen LogP contribution in [0.2, 0.25) is 0 Å². The summed E-state index contributed by atoms with van der Waals surface area (Å²) in [5, 5.41) is 0. The Hall–Kier alpha value is -1.53. The molecule has 0 atom stereocenters. The Kier molecular flexibility index (Phi) is 6.25. The van der Waals surface area contributed by atoms with E-state index in [1.165, 1.54) is 22.6 Å². The average molecular weight is 453 g/mol. The minimum absolute atomic E-state index is 0.349. The number of ether oxygens (including phenoxy) is 2. The largest absolute Gasteiger partial charge is 0.465 e. The Labute approximate surface area is 140 Å². The molecule has 0 radical (unpaired) electrons. The van der Waals surface area contributed by atoms with Gasteiger partial charge in [0.1, 0.15) is 5.69 Å². The molecule has 0 aliphatic carbocycles. The van der Waals surface area contributed by atoms with Gasteiger partial charge < -0.3 is 9.47 Å². The number of aromatic nitrogens is 1. The van der Waals surface area contributed by atoms with Crippen molar-refractivity contribution in [3.8, 4) is 0 Å². The lowest BCUT2D eigenvalue weighted by Crippen LogP contribution is -2.24. The van der Waals surface area contributed by atoms with Crippen LogP contribution in [0.25, 0.3) is 0 Å². The van der Waals surface area contributed by atoms with Gasteiger partial charge in [0.05, 0.1) is 25.3 Å². The maximum absolute atomic E-state index is 13.1. The topological polar surface area (TPSA) is 65.5 Å². The molecular weight excluding hydrogens is 444 g/mol. The van der Waals surface area contributed by atoms with Gasteiger partial charge in [-0.1, -0.05) is 22.6 Å². The average Bonchev–Trinajstić information content (AvgIpc) is 2.49. The lowest BCUT2D eigenvalue weighted by Gasteiger charge is -2.19. The molecule has 0 bridgehead atoms. The summed E-state index contributed by atoms with van der Waals surface area (Å²) in [6.07, 6.45) is -8.67. The monoisotopic (exact) mass is 453 g/mol. The van der Waals surface area contributed by atoms with E-state index in [2.05, 4.69) is 14.5 Å². The van der Waals surface area contributed by atoms with Gasteiger partial charge in [0, 0.05) is 4.43 Å². The van der Waals surface area contributed by atoms with Gasteiger partial charge in [-0.15, -0.1) is 0 Å². The summed E-state index contributed by atoms with van der Waals surface area (Å²) in [6, 6.07) is 0. The fourth-order valence-corrected chi connectivity index (χ4v) is 2.57. The van der Waals surface area contributed by atoms with Gasteiger partial charge in [-0.2, -0.15) is 13.2 Å². The maximum atomic E-state index is 13.1. The van der Waals surface area contributed by atoms with Gasteiger partial charge >= 0.3 is 18.1 Å². The van der Waals surface area contributed by atoms with Crippen LogP contribution in [0.4, 0.5) is 22.0 Å². The second-order valence-electron chi connectivity index (χ2n) is 3.99. The predicted octanol–water partition coefficient (Wildman–Crippen LogP) is 3.55. The van der Waals surface area contributed by atoms with E-state index in [-0.39, 0.29) is 4.43 Å². The zero-order chi connectivity index (χ0) is 17.9. The standard InChI is InChI=1S/C12H9F5INO4/c1-22-10(20)5-4(3-18)6(11(21)23-2)8(12(15,16)17)19-7(5)9(13)14/h9H,3H2,1-2H3. The van der Waals surface area contributed by atoms with Crippen molar-refractivity contribution in [3.05, 3.63) is 28.1 Å². The summed E-state index contributed by atoms with van der Waals surface area (Å²) in [7, 11) is 1.68. The zero-order valence-electron chi connectivity index (χ0n) is 11.6. The Morgan fingerprint density at radius 2 is 1.61 bits per heavy atom. The van der Waals surface area contributed by atoms with E-state index in [4.69, 9.17) is 0 Å². The molecule has 0 aromatic carbocycles. The first-order valence-electron chi connectivity index (χ1n) is 5.74. The van der Waals surface area contributed by atoms with Gasteiger partial charge in [-0.25, -0.2) is 23.4 Å². The van der Waals surface area contributed by atoms with Gasteiger partial charge in [0.25, 0.3) is 6.43 Å². The highest BCUT2D eigenvalue weighted by Crippen LogP contribution is 2.37. The molecule has 1 heterocycles. The highest BCUT2D eigenvalue weighted by molar-refractivity contribution is 14.1. The number of carbonyl (C=O) groups is 2. The van der Waals surface area contributed by atoms with Crippen molar-refractivity contribution < 1.29 is 41.0 Å². The van der Waals surface area contributed by atoms with Crippen molar-refractivity contribution in [2.45, 2.75) is 17.0 Å². The van der Waals surface area contributed by atoms with Crippen molar-refractivity contribution in [1.82, 2.24) is 4.98 Å². The molecule has 0 unspecified atom stereocenters. The number of halogens is 6. The summed E-state index contributed by atoms with van der Waals surface area (Å²) in [5.41, 5.74) is -5.76. The van der Waals surface area contributed by atoms with E-state index in [1.54, 1.807) is 0 Å². The van der Waals surface area contributed by atoms with Crippen LogP contribution in [-0.2, 0) is 20.1 Å². The second-order valence-corrected chi connectivity index (χ2v) is 4.75. The smallest absolute Gasteiger partial charge is 0.434 e. The third-order valence-electron chi connectivity index (χ3n) is 2.72. The number of esters is 2. The molecule has 0 amide bonds. The molecule has 0 aliphatic heterocycles. The minimum atomic E-state index is -5.19. The number of hydrogen-bond donors (Lipinski definition) is 0. The first-order valence-corrected chi connectivity index (χ1v) is 7.27. The molecule has 1 rings (SSSR count). The molecular formula is C12H9F5INO4. The molecule has 1 aromatic rings. The highest BCUT2D eigenvalue weighted by atomic mass is 127. The van der Waals surface area contributed by atoms with Gasteiger partial charge in [0.15, 0.2) is 5.69 Å². The molecule has 0 aliphatic rings. The summed E-state index contributed by atoms with van der Waals surface area (Å²) < 4.78 is 73.6. The van der Waals surface area contributed by atoms with Gasteiger partial charge in [-0.3, -0.25) is 0 Å². The zero-order valence-corrected chi connectivity index (χ0v) is 13.8. The van der Waals surface area contributed by atoms with Crippen LogP contribution >= 0.6 is 22.6 Å². The van der Waals surface area contributed by atoms with Crippen LogP contribution in [-0.4, -0.2) is 31.1 Å². The summed E-state index contributed by atoms with van der Waals surface area (Å²) >= 11 is 1.53. The molecule has 23 heavy (non-hydrogen) atoms. The number of hydrogen-bond acceptors (Lipinski definition) is 5. The molecule has 0 saturated carbocycles. The normalized spacial score (nSPS) is 11.5. The van der Waals surface area contributed by atoms with Crippen LogP contribution in [0.15, 0.2) is 0 Å². The number of alkyl halides is 6. The Morgan fingerprint density at radius 1 is 1.13 bits per heavy atom. The predicted molar refractivity (Wildman–Crippen MR) is 74.6 cm³/mol. The van der Waals surface area contributed by atoms with E-state index in [0.717, 1.165) is 14.2 Å². The van der Waals surface area contributed by atoms with E-state index in [0.29, 0.717) is 0 Å². The van der Waals surface area contributed by atoms with E-state index in [1.807, 2.05) is 0 Å². The van der Waals surface area contributed by atoms with Gasteiger partial charge in [-0.05, 0) is 5.56 Å². The number of methoxy groups -OCH3 is 2. The summed E-state index contributed by atoms with van der Waals surface area (Å²) in [5.74, 6) is -2.76.